The van der Waals surface area contributed by atoms with Crippen LogP contribution in [0.4, 0.5) is 0 Å². The summed E-state index contributed by atoms with van der Waals surface area (Å²) in [4.78, 5) is 1.70. The van der Waals surface area contributed by atoms with E-state index < -0.39 is 0 Å². The van der Waals surface area contributed by atoms with Crippen LogP contribution in [0.1, 0.15) is 97.2 Å². The van der Waals surface area contributed by atoms with Gasteiger partial charge in [0.05, 0.1) is 10.8 Å². The van der Waals surface area contributed by atoms with Gasteiger partial charge in [0, 0.05) is 18.6 Å². The fourth-order valence-corrected chi connectivity index (χ4v) is 6.58. The van der Waals surface area contributed by atoms with Gasteiger partial charge in [0.1, 0.15) is 0 Å². The van der Waals surface area contributed by atoms with Gasteiger partial charge in [0.2, 0.25) is 10.7 Å². The van der Waals surface area contributed by atoms with Crippen molar-refractivity contribution in [3.8, 4) is 5.69 Å². The van der Waals surface area contributed by atoms with Crippen molar-refractivity contribution in [3.05, 3.63) is 45.4 Å². The van der Waals surface area contributed by atoms with Crippen LogP contribution in [-0.2, 0) is 0 Å². The molecule has 2 aliphatic rings. The van der Waals surface area contributed by atoms with E-state index in [1.807, 2.05) is 0 Å². The van der Waals surface area contributed by atoms with Crippen molar-refractivity contribution in [2.75, 3.05) is 0 Å². The molecule has 0 atom stereocenters. The predicted octanol–water partition coefficient (Wildman–Crippen LogP) is 6.74. The van der Waals surface area contributed by atoms with E-state index in [1.165, 1.54) is 81.2 Å². The summed E-state index contributed by atoms with van der Waals surface area (Å²) in [7, 11) is 0. The number of aromatic nitrogens is 1. The zero-order valence-corrected chi connectivity index (χ0v) is 16.7. The maximum Gasteiger partial charge on any atom is 0.246 e. The minimum Gasteiger partial charge on any atom is -0.151 e. The van der Waals surface area contributed by atoms with Crippen LogP contribution in [0.15, 0.2) is 24.3 Å². The first-order valence-corrected chi connectivity index (χ1v) is 11.2. The van der Waals surface area contributed by atoms with Gasteiger partial charge in [-0.15, -0.1) is 0 Å². The Hall–Kier alpha value is -1.15. The summed E-state index contributed by atoms with van der Waals surface area (Å²) >= 11 is 2.17. The molecule has 0 radical (unpaired) electrons. The van der Waals surface area contributed by atoms with Crippen LogP contribution < -0.4 is 4.57 Å². The van der Waals surface area contributed by atoms with E-state index in [0.29, 0.717) is 0 Å². The number of aryl methyl sites for hydroxylation is 1. The number of hydrogen-bond donors (Lipinski definition) is 0. The Morgan fingerprint density at radius 3 is 2.04 bits per heavy atom. The average Bonchev–Trinajstić information content (AvgIpc) is 3.01. The molecule has 1 heterocycles. The fraction of sp³-hybridized carbons (Fsp3) is 0.609. The van der Waals surface area contributed by atoms with E-state index in [9.17, 15) is 0 Å². The van der Waals surface area contributed by atoms with Crippen LogP contribution in [0.25, 0.3) is 5.69 Å². The van der Waals surface area contributed by atoms with Gasteiger partial charge in [-0.05, 0) is 38.5 Å². The van der Waals surface area contributed by atoms with Crippen molar-refractivity contribution in [3.63, 3.8) is 0 Å². The zero-order chi connectivity index (χ0) is 17.2. The lowest BCUT2D eigenvalue weighted by atomic mass is 9.87. The van der Waals surface area contributed by atoms with Gasteiger partial charge in [-0.25, -0.2) is 0 Å². The standard InChI is InChI=1S/C23H32NS/c1-17-11-9-10-16-21(17)24-18(2)22(19-12-5-3-6-13-19)25-23(24)20-14-7-4-8-15-20/h9-11,16,19-20H,3-8,12-15H2,1-2H3/q+1. The maximum absolute atomic E-state index is 2.65. The predicted molar refractivity (Wildman–Crippen MR) is 107 cm³/mol. The van der Waals surface area contributed by atoms with E-state index >= 15 is 0 Å². The molecule has 2 aliphatic carbocycles. The number of rotatable bonds is 3. The first-order valence-electron chi connectivity index (χ1n) is 10.4. The van der Waals surface area contributed by atoms with Crippen LogP contribution in [0.5, 0.6) is 0 Å². The lowest BCUT2D eigenvalue weighted by Crippen LogP contribution is -2.38. The van der Waals surface area contributed by atoms with E-state index in [-0.39, 0.29) is 0 Å². The summed E-state index contributed by atoms with van der Waals surface area (Å²) in [6.45, 7) is 4.66. The summed E-state index contributed by atoms with van der Waals surface area (Å²) in [6, 6.07) is 8.97. The average molecular weight is 355 g/mol. The molecule has 134 valence electrons. The molecule has 4 rings (SSSR count). The largest absolute Gasteiger partial charge is 0.246 e. The molecule has 0 saturated heterocycles. The van der Waals surface area contributed by atoms with Crippen molar-refractivity contribution >= 4 is 11.3 Å². The highest BCUT2D eigenvalue weighted by molar-refractivity contribution is 7.11. The lowest BCUT2D eigenvalue weighted by molar-refractivity contribution is -0.607. The van der Waals surface area contributed by atoms with E-state index in [0.717, 1.165) is 11.8 Å². The van der Waals surface area contributed by atoms with Gasteiger partial charge in [0.25, 0.3) is 0 Å². The lowest BCUT2D eigenvalue weighted by Gasteiger charge is -2.19. The van der Waals surface area contributed by atoms with Crippen molar-refractivity contribution in [1.82, 2.24) is 0 Å². The van der Waals surface area contributed by atoms with E-state index in [4.69, 9.17) is 0 Å². The normalized spacial score (nSPS) is 20.1. The van der Waals surface area contributed by atoms with Gasteiger partial charge >= 0.3 is 0 Å². The van der Waals surface area contributed by atoms with Gasteiger partial charge in [-0.3, -0.25) is 0 Å². The van der Waals surface area contributed by atoms with Crippen LogP contribution in [-0.4, -0.2) is 0 Å². The molecule has 2 saturated carbocycles. The Kier molecular flexibility index (Phi) is 5.26. The van der Waals surface area contributed by atoms with Crippen molar-refractivity contribution in [2.24, 2.45) is 0 Å². The molecule has 2 aromatic rings. The quantitative estimate of drug-likeness (QED) is 0.538. The smallest absolute Gasteiger partial charge is 0.151 e. The number of thiazole rings is 1. The molecule has 25 heavy (non-hydrogen) atoms. The molecule has 0 N–H and O–H groups in total. The van der Waals surface area contributed by atoms with Gasteiger partial charge in [-0.1, -0.05) is 68.1 Å². The topological polar surface area (TPSA) is 3.88 Å². The van der Waals surface area contributed by atoms with Crippen LogP contribution >= 0.6 is 11.3 Å². The van der Waals surface area contributed by atoms with Gasteiger partial charge < -0.3 is 0 Å². The van der Waals surface area contributed by atoms with Crippen LogP contribution in [0, 0.1) is 13.8 Å². The summed E-state index contributed by atoms with van der Waals surface area (Å²) in [5.41, 5.74) is 4.35. The van der Waals surface area contributed by atoms with E-state index in [1.54, 1.807) is 9.88 Å². The monoisotopic (exact) mass is 354 g/mol. The third-order valence-electron chi connectivity index (χ3n) is 6.41. The molecule has 1 nitrogen and oxygen atoms in total. The highest BCUT2D eigenvalue weighted by Crippen LogP contribution is 2.41. The number of para-hydroxylation sites is 1. The van der Waals surface area contributed by atoms with Crippen molar-refractivity contribution in [2.45, 2.75) is 89.9 Å². The minimum atomic E-state index is 0.773. The van der Waals surface area contributed by atoms with Crippen LogP contribution in [0.2, 0.25) is 0 Å². The Labute approximate surface area is 157 Å². The highest BCUT2D eigenvalue weighted by atomic mass is 32.1. The molecule has 0 spiro atoms. The Balaban J connectivity index is 1.81. The molecule has 0 unspecified atom stereocenters. The fourth-order valence-electron chi connectivity index (χ4n) is 4.98. The summed E-state index contributed by atoms with van der Waals surface area (Å²) < 4.78 is 2.65. The first-order chi connectivity index (χ1) is 12.3. The summed E-state index contributed by atoms with van der Waals surface area (Å²) in [6.07, 6.45) is 14.1. The Morgan fingerprint density at radius 1 is 0.800 bits per heavy atom. The van der Waals surface area contributed by atoms with E-state index in [2.05, 4.69) is 54.0 Å². The van der Waals surface area contributed by atoms with Gasteiger partial charge in [0.15, 0.2) is 5.69 Å². The second-order valence-corrected chi connectivity index (χ2v) is 9.24. The van der Waals surface area contributed by atoms with Crippen molar-refractivity contribution < 1.29 is 4.57 Å². The number of benzene rings is 1. The third-order valence-corrected chi connectivity index (χ3v) is 7.99. The molecule has 0 amide bonds. The SMILES string of the molecule is Cc1ccccc1-[n+]1c(C2CCCCC2)sc(C2CCCCC2)c1C. The molecular weight excluding hydrogens is 322 g/mol. The number of nitrogens with zero attached hydrogens (tertiary/aromatic N) is 1. The molecule has 2 fully saturated rings. The second kappa shape index (κ2) is 7.61. The second-order valence-electron chi connectivity index (χ2n) is 8.18. The summed E-state index contributed by atoms with van der Waals surface area (Å²) in [5.74, 6) is 1.58. The summed E-state index contributed by atoms with van der Waals surface area (Å²) in [5, 5.41) is 1.65. The highest BCUT2D eigenvalue weighted by Gasteiger charge is 2.35. The Morgan fingerprint density at radius 2 is 1.40 bits per heavy atom. The zero-order valence-electron chi connectivity index (χ0n) is 15.9. The maximum atomic E-state index is 2.65. The molecular formula is C23H32NS+. The van der Waals surface area contributed by atoms with Crippen molar-refractivity contribution in [1.29, 1.82) is 0 Å². The molecule has 2 heteroatoms. The number of hydrogen-bond acceptors (Lipinski definition) is 1. The van der Waals surface area contributed by atoms with Crippen LogP contribution in [0.3, 0.4) is 0 Å². The molecule has 0 aliphatic heterocycles. The molecule has 1 aromatic heterocycles. The minimum absolute atomic E-state index is 0.773. The third kappa shape index (κ3) is 3.43. The first kappa shape index (κ1) is 17.3. The molecule has 1 aromatic carbocycles. The van der Waals surface area contributed by atoms with Gasteiger partial charge in [-0.2, -0.15) is 4.57 Å². The molecule has 0 bridgehead atoms. The Bertz CT molecular complexity index is 718.